The van der Waals surface area contributed by atoms with Gasteiger partial charge in [0.1, 0.15) is 0 Å². The summed E-state index contributed by atoms with van der Waals surface area (Å²) < 4.78 is 0. The lowest BCUT2D eigenvalue weighted by Gasteiger charge is -2.19. The van der Waals surface area contributed by atoms with Crippen molar-refractivity contribution in [1.29, 1.82) is 0 Å². The van der Waals surface area contributed by atoms with Crippen LogP contribution in [-0.2, 0) is 0 Å². The third-order valence-corrected chi connectivity index (χ3v) is 1.97. The minimum Gasteiger partial charge on any atom is -0.392 e. The molecule has 1 fully saturated rings. The zero-order valence-electron chi connectivity index (χ0n) is 6.08. The van der Waals surface area contributed by atoms with Gasteiger partial charge in [-0.3, -0.25) is 0 Å². The first-order valence-corrected chi connectivity index (χ1v) is 3.82. The topological polar surface area (TPSA) is 40.5 Å². The third-order valence-electron chi connectivity index (χ3n) is 1.97. The summed E-state index contributed by atoms with van der Waals surface area (Å²) in [5.41, 5.74) is 1.02. The van der Waals surface area contributed by atoms with Gasteiger partial charge in [0.2, 0.25) is 0 Å². The molecule has 1 rings (SSSR count). The van der Waals surface area contributed by atoms with Crippen molar-refractivity contribution in [1.82, 2.24) is 0 Å². The van der Waals surface area contributed by atoms with E-state index in [1.54, 1.807) is 6.08 Å². The molecule has 0 aromatic carbocycles. The lowest BCUT2D eigenvalue weighted by Crippen LogP contribution is -2.15. The summed E-state index contributed by atoms with van der Waals surface area (Å²) in [5.74, 6) is 0. The fourth-order valence-corrected chi connectivity index (χ4v) is 1.37. The van der Waals surface area contributed by atoms with Gasteiger partial charge in [0, 0.05) is 0 Å². The highest BCUT2D eigenvalue weighted by molar-refractivity contribution is 5.09. The van der Waals surface area contributed by atoms with Crippen LogP contribution in [0.25, 0.3) is 0 Å². The maximum absolute atomic E-state index is 9.32. The Labute approximate surface area is 61.2 Å². The van der Waals surface area contributed by atoms with Crippen LogP contribution in [0.15, 0.2) is 11.6 Å². The normalized spacial score (nSPS) is 31.0. The van der Waals surface area contributed by atoms with E-state index in [1.165, 1.54) is 0 Å². The molecule has 2 N–H and O–H groups in total. The van der Waals surface area contributed by atoms with Crippen molar-refractivity contribution in [2.75, 3.05) is 6.61 Å². The molecule has 2 heteroatoms. The summed E-state index contributed by atoms with van der Waals surface area (Å²) in [6.45, 7) is 0.0619. The Balaban J connectivity index is 2.47. The van der Waals surface area contributed by atoms with E-state index in [0.29, 0.717) is 0 Å². The predicted molar refractivity (Wildman–Crippen MR) is 39.6 cm³/mol. The minimum atomic E-state index is -0.277. The fraction of sp³-hybridized carbons (Fsp3) is 0.750. The Bertz CT molecular complexity index is 129. The molecule has 0 saturated heterocycles. The summed E-state index contributed by atoms with van der Waals surface area (Å²) in [6, 6.07) is 0. The molecule has 0 aromatic heterocycles. The molecule has 0 bridgehead atoms. The summed E-state index contributed by atoms with van der Waals surface area (Å²) in [4.78, 5) is 0. The van der Waals surface area contributed by atoms with Crippen LogP contribution in [0, 0.1) is 0 Å². The van der Waals surface area contributed by atoms with E-state index >= 15 is 0 Å². The molecule has 2 nitrogen and oxygen atoms in total. The van der Waals surface area contributed by atoms with Crippen LogP contribution in [0.1, 0.15) is 25.7 Å². The molecule has 10 heavy (non-hydrogen) atoms. The highest BCUT2D eigenvalue weighted by Crippen LogP contribution is 2.22. The van der Waals surface area contributed by atoms with Gasteiger partial charge >= 0.3 is 0 Å². The molecule has 1 saturated carbocycles. The fourth-order valence-electron chi connectivity index (χ4n) is 1.37. The van der Waals surface area contributed by atoms with Crippen LogP contribution in [0.3, 0.4) is 0 Å². The average molecular weight is 142 g/mol. The van der Waals surface area contributed by atoms with Crippen molar-refractivity contribution >= 4 is 0 Å². The van der Waals surface area contributed by atoms with E-state index in [0.717, 1.165) is 31.3 Å². The Hall–Kier alpha value is -0.340. The lowest BCUT2D eigenvalue weighted by atomic mass is 9.92. The standard InChI is InChI=1S/C8H14O2/c9-6-5-7-3-1-2-4-8(7)10/h5,8-10H,1-4,6H2/b7-5-/t8-/m1/s1. The molecule has 0 heterocycles. The third kappa shape index (κ3) is 1.82. The van der Waals surface area contributed by atoms with Crippen LogP contribution >= 0.6 is 0 Å². The number of aliphatic hydroxyl groups is 2. The number of aliphatic hydroxyl groups excluding tert-OH is 2. The molecule has 0 unspecified atom stereocenters. The van der Waals surface area contributed by atoms with Crippen LogP contribution in [0.2, 0.25) is 0 Å². The zero-order valence-corrected chi connectivity index (χ0v) is 6.08. The summed E-state index contributed by atoms with van der Waals surface area (Å²) in [5, 5.41) is 17.9. The first-order valence-electron chi connectivity index (χ1n) is 3.82. The summed E-state index contributed by atoms with van der Waals surface area (Å²) in [7, 11) is 0. The van der Waals surface area contributed by atoms with Crippen molar-refractivity contribution in [3.05, 3.63) is 11.6 Å². The minimum absolute atomic E-state index is 0.0619. The van der Waals surface area contributed by atoms with E-state index in [4.69, 9.17) is 5.11 Å². The molecule has 1 aliphatic carbocycles. The van der Waals surface area contributed by atoms with E-state index in [1.807, 2.05) is 0 Å². The Morgan fingerprint density at radius 2 is 2.30 bits per heavy atom. The van der Waals surface area contributed by atoms with Crippen molar-refractivity contribution in [3.63, 3.8) is 0 Å². The summed E-state index contributed by atoms with van der Waals surface area (Å²) >= 11 is 0. The van der Waals surface area contributed by atoms with Crippen molar-refractivity contribution in [2.24, 2.45) is 0 Å². The largest absolute Gasteiger partial charge is 0.392 e. The van der Waals surface area contributed by atoms with Crippen LogP contribution < -0.4 is 0 Å². The Morgan fingerprint density at radius 3 is 2.90 bits per heavy atom. The Kier molecular flexibility index (Phi) is 2.90. The van der Waals surface area contributed by atoms with Gasteiger partial charge in [-0.05, 0) is 24.8 Å². The van der Waals surface area contributed by atoms with Crippen LogP contribution in [0.5, 0.6) is 0 Å². The predicted octanol–water partition coefficient (Wildman–Crippen LogP) is 0.840. The number of rotatable bonds is 1. The van der Waals surface area contributed by atoms with Gasteiger partial charge in [-0.1, -0.05) is 12.5 Å². The molecule has 0 radical (unpaired) electrons. The maximum Gasteiger partial charge on any atom is 0.0750 e. The van der Waals surface area contributed by atoms with E-state index in [2.05, 4.69) is 0 Å². The van der Waals surface area contributed by atoms with E-state index in [-0.39, 0.29) is 12.7 Å². The van der Waals surface area contributed by atoms with Crippen LogP contribution in [0.4, 0.5) is 0 Å². The lowest BCUT2D eigenvalue weighted by molar-refractivity contribution is 0.176. The molecule has 0 amide bonds. The van der Waals surface area contributed by atoms with Gasteiger partial charge in [0.15, 0.2) is 0 Å². The number of hydrogen-bond donors (Lipinski definition) is 2. The van der Waals surface area contributed by atoms with Gasteiger partial charge in [-0.25, -0.2) is 0 Å². The zero-order chi connectivity index (χ0) is 7.40. The molecule has 0 spiro atoms. The van der Waals surface area contributed by atoms with Gasteiger partial charge in [-0.2, -0.15) is 0 Å². The molecule has 58 valence electrons. The van der Waals surface area contributed by atoms with Crippen molar-refractivity contribution in [2.45, 2.75) is 31.8 Å². The molecular weight excluding hydrogens is 128 g/mol. The molecule has 1 atom stereocenters. The highest BCUT2D eigenvalue weighted by Gasteiger charge is 2.14. The first-order chi connectivity index (χ1) is 4.84. The maximum atomic E-state index is 9.32. The molecule has 0 aliphatic heterocycles. The second-order valence-corrected chi connectivity index (χ2v) is 2.72. The van der Waals surface area contributed by atoms with Gasteiger partial charge < -0.3 is 10.2 Å². The second kappa shape index (κ2) is 3.74. The van der Waals surface area contributed by atoms with Crippen molar-refractivity contribution in [3.8, 4) is 0 Å². The highest BCUT2D eigenvalue weighted by atomic mass is 16.3. The molecule has 0 aromatic rings. The Morgan fingerprint density at radius 1 is 1.50 bits per heavy atom. The van der Waals surface area contributed by atoms with E-state index < -0.39 is 0 Å². The van der Waals surface area contributed by atoms with Gasteiger partial charge in [-0.15, -0.1) is 0 Å². The monoisotopic (exact) mass is 142 g/mol. The van der Waals surface area contributed by atoms with Gasteiger partial charge in [0.25, 0.3) is 0 Å². The van der Waals surface area contributed by atoms with E-state index in [9.17, 15) is 5.11 Å². The SMILES string of the molecule is OC/C=C1/CCCC[C@H]1O. The van der Waals surface area contributed by atoms with Gasteiger partial charge in [0.05, 0.1) is 12.7 Å². The quantitative estimate of drug-likeness (QED) is 0.533. The number of hydrogen-bond acceptors (Lipinski definition) is 2. The average Bonchev–Trinajstić information content (AvgIpc) is 1.94. The summed E-state index contributed by atoms with van der Waals surface area (Å²) in [6.07, 6.45) is 5.55. The first kappa shape index (κ1) is 7.76. The second-order valence-electron chi connectivity index (χ2n) is 2.72. The van der Waals surface area contributed by atoms with Crippen LogP contribution in [-0.4, -0.2) is 22.9 Å². The molecule has 1 aliphatic rings. The van der Waals surface area contributed by atoms with Crippen molar-refractivity contribution < 1.29 is 10.2 Å². The molecular formula is C8H14O2. The smallest absolute Gasteiger partial charge is 0.0750 e.